The van der Waals surface area contributed by atoms with Crippen molar-refractivity contribution in [2.24, 2.45) is 0 Å². The Morgan fingerprint density at radius 1 is 1.35 bits per heavy atom. The van der Waals surface area contributed by atoms with Crippen molar-refractivity contribution >= 4 is 11.8 Å². The first-order valence-corrected chi connectivity index (χ1v) is 6.87. The lowest BCUT2D eigenvalue weighted by molar-refractivity contribution is 0.483. The number of rotatable bonds is 6. The molecule has 4 heteroatoms. The average molecular weight is 259 g/mol. The highest BCUT2D eigenvalue weighted by Crippen LogP contribution is 2.25. The largest absolute Gasteiger partial charge is 0.312 e. The van der Waals surface area contributed by atoms with Crippen molar-refractivity contribution in [3.8, 4) is 0 Å². The Balaban J connectivity index is 2.76. The number of hydrogen-bond acceptors (Lipinski definition) is 2. The topological polar surface area (TPSA) is 12.0 Å². The van der Waals surface area contributed by atoms with Crippen molar-refractivity contribution in [1.82, 2.24) is 5.32 Å². The van der Waals surface area contributed by atoms with E-state index in [1.54, 1.807) is 30.9 Å². The average Bonchev–Trinajstić information content (AvgIpc) is 2.34. The van der Waals surface area contributed by atoms with Crippen molar-refractivity contribution in [2.45, 2.75) is 31.6 Å². The fraction of sp³-hybridized carbons (Fsp3) is 0.538. The molecule has 17 heavy (non-hydrogen) atoms. The van der Waals surface area contributed by atoms with Crippen LogP contribution in [0.3, 0.4) is 0 Å². The van der Waals surface area contributed by atoms with Gasteiger partial charge >= 0.3 is 0 Å². The smallest absolute Gasteiger partial charge is 0.163 e. The van der Waals surface area contributed by atoms with Crippen molar-refractivity contribution in [3.05, 3.63) is 35.4 Å². The first-order valence-electron chi connectivity index (χ1n) is 5.82. The lowest BCUT2D eigenvalue weighted by atomic mass is 10.1. The lowest BCUT2D eigenvalue weighted by Crippen LogP contribution is -2.21. The first kappa shape index (κ1) is 14.5. The molecule has 0 heterocycles. The summed E-state index contributed by atoms with van der Waals surface area (Å²) < 4.78 is 26.8. The molecular weight excluding hydrogens is 240 g/mol. The molecule has 0 radical (unpaired) electrons. The van der Waals surface area contributed by atoms with Gasteiger partial charge in [0, 0.05) is 22.6 Å². The highest BCUT2D eigenvalue weighted by atomic mass is 32.2. The molecule has 96 valence electrons. The normalized spacial score (nSPS) is 14.6. The van der Waals surface area contributed by atoms with E-state index in [-0.39, 0.29) is 6.04 Å². The van der Waals surface area contributed by atoms with Crippen LogP contribution < -0.4 is 5.32 Å². The molecule has 1 rings (SSSR count). The maximum absolute atomic E-state index is 13.6. The quantitative estimate of drug-likeness (QED) is 0.835. The van der Waals surface area contributed by atoms with E-state index in [0.717, 1.165) is 18.2 Å². The molecule has 2 atom stereocenters. The van der Waals surface area contributed by atoms with Gasteiger partial charge in [0.15, 0.2) is 11.6 Å². The summed E-state index contributed by atoms with van der Waals surface area (Å²) in [7, 11) is 1.77. The maximum atomic E-state index is 13.6. The van der Waals surface area contributed by atoms with E-state index in [1.165, 1.54) is 0 Å². The number of halogens is 2. The van der Waals surface area contributed by atoms with Crippen LogP contribution in [0, 0.1) is 11.6 Å². The lowest BCUT2D eigenvalue weighted by Gasteiger charge is -2.19. The fourth-order valence-electron chi connectivity index (χ4n) is 1.50. The van der Waals surface area contributed by atoms with Gasteiger partial charge in [-0.1, -0.05) is 26.0 Å². The highest BCUT2D eigenvalue weighted by molar-refractivity contribution is 7.99. The number of nitrogens with one attached hydrogen (secondary N) is 1. The molecule has 0 aliphatic carbocycles. The third-order valence-corrected chi connectivity index (χ3v) is 4.26. The van der Waals surface area contributed by atoms with Crippen LogP contribution >= 0.6 is 11.8 Å². The second-order valence-corrected chi connectivity index (χ2v) is 5.51. The Kier molecular flexibility index (Phi) is 5.92. The van der Waals surface area contributed by atoms with Crippen molar-refractivity contribution in [2.75, 3.05) is 12.8 Å². The molecule has 0 aromatic heterocycles. The summed E-state index contributed by atoms with van der Waals surface area (Å²) in [4.78, 5) is 0. The first-order chi connectivity index (χ1) is 8.10. The summed E-state index contributed by atoms with van der Waals surface area (Å²) in [6.45, 7) is 4.26. The van der Waals surface area contributed by atoms with Gasteiger partial charge < -0.3 is 5.32 Å². The molecule has 0 spiro atoms. The van der Waals surface area contributed by atoms with Crippen LogP contribution in [0.25, 0.3) is 0 Å². The third-order valence-electron chi connectivity index (χ3n) is 2.83. The predicted octanol–water partition coefficient (Wildman–Crippen LogP) is 3.76. The fourth-order valence-corrected chi connectivity index (χ4v) is 2.60. The minimum atomic E-state index is -0.781. The molecular formula is C13H19F2NS. The molecule has 2 unspecified atom stereocenters. The summed E-state index contributed by atoms with van der Waals surface area (Å²) in [6.07, 6.45) is 1.08. The Labute approximate surface area is 106 Å². The van der Waals surface area contributed by atoms with Crippen LogP contribution in [0.15, 0.2) is 18.2 Å². The van der Waals surface area contributed by atoms with Crippen molar-refractivity contribution in [1.29, 1.82) is 0 Å². The molecule has 0 aliphatic heterocycles. The molecule has 1 aromatic carbocycles. The number of thioether (sulfide) groups is 1. The highest BCUT2D eigenvalue weighted by Gasteiger charge is 2.17. The SMILES string of the molecule is CCC(C)SCC(NC)c1cccc(F)c1F. The van der Waals surface area contributed by atoms with Crippen LogP contribution in [0.1, 0.15) is 31.9 Å². The maximum Gasteiger partial charge on any atom is 0.163 e. The van der Waals surface area contributed by atoms with Crippen LogP contribution in [0.5, 0.6) is 0 Å². The van der Waals surface area contributed by atoms with Gasteiger partial charge in [0.2, 0.25) is 0 Å². The molecule has 0 bridgehead atoms. The van der Waals surface area contributed by atoms with Crippen molar-refractivity contribution in [3.63, 3.8) is 0 Å². The molecule has 0 saturated heterocycles. The number of hydrogen-bond donors (Lipinski definition) is 1. The standard InChI is InChI=1S/C13H19F2NS/c1-4-9(2)17-8-12(16-3)10-6-5-7-11(14)13(10)15/h5-7,9,12,16H,4,8H2,1-3H3. The molecule has 1 aromatic rings. The van der Waals surface area contributed by atoms with Gasteiger partial charge in [0.05, 0.1) is 0 Å². The van der Waals surface area contributed by atoms with Crippen LogP contribution in [-0.2, 0) is 0 Å². The summed E-state index contributed by atoms with van der Waals surface area (Å²) in [5, 5.41) is 3.57. The predicted molar refractivity (Wildman–Crippen MR) is 70.4 cm³/mol. The molecule has 1 nitrogen and oxygen atoms in total. The van der Waals surface area contributed by atoms with E-state index >= 15 is 0 Å². The zero-order valence-corrected chi connectivity index (χ0v) is 11.3. The zero-order chi connectivity index (χ0) is 12.8. The zero-order valence-electron chi connectivity index (χ0n) is 10.5. The molecule has 0 aliphatic rings. The number of benzene rings is 1. The van der Waals surface area contributed by atoms with E-state index in [1.807, 2.05) is 0 Å². The van der Waals surface area contributed by atoms with E-state index < -0.39 is 11.6 Å². The summed E-state index contributed by atoms with van der Waals surface area (Å²) >= 11 is 1.77. The summed E-state index contributed by atoms with van der Waals surface area (Å²) in [5.41, 5.74) is 0.406. The van der Waals surface area contributed by atoms with E-state index in [4.69, 9.17) is 0 Å². The Morgan fingerprint density at radius 2 is 2.06 bits per heavy atom. The van der Waals surface area contributed by atoms with Gasteiger partial charge in [-0.25, -0.2) is 8.78 Å². The van der Waals surface area contributed by atoms with Gasteiger partial charge in [-0.2, -0.15) is 11.8 Å². The minimum absolute atomic E-state index is 0.148. The monoisotopic (exact) mass is 259 g/mol. The second-order valence-electron chi connectivity index (χ2n) is 4.04. The summed E-state index contributed by atoms with van der Waals surface area (Å²) in [5.74, 6) is -0.779. The molecule has 0 amide bonds. The van der Waals surface area contributed by atoms with E-state index in [2.05, 4.69) is 19.2 Å². The van der Waals surface area contributed by atoms with Gasteiger partial charge in [-0.15, -0.1) is 0 Å². The van der Waals surface area contributed by atoms with Gasteiger partial charge in [-0.3, -0.25) is 0 Å². The van der Waals surface area contributed by atoms with E-state index in [0.29, 0.717) is 10.8 Å². The molecule has 0 saturated carbocycles. The van der Waals surface area contributed by atoms with Crippen molar-refractivity contribution < 1.29 is 8.78 Å². The Morgan fingerprint density at radius 3 is 2.65 bits per heavy atom. The molecule has 1 N–H and O–H groups in total. The van der Waals surface area contributed by atoms with Gasteiger partial charge in [0.1, 0.15) is 0 Å². The third kappa shape index (κ3) is 3.96. The van der Waals surface area contributed by atoms with Crippen LogP contribution in [-0.4, -0.2) is 18.1 Å². The Hall–Kier alpha value is -0.610. The van der Waals surface area contributed by atoms with E-state index in [9.17, 15) is 8.78 Å². The van der Waals surface area contributed by atoms with Gasteiger partial charge in [-0.05, 0) is 19.5 Å². The summed E-state index contributed by atoms with van der Waals surface area (Å²) in [6, 6.07) is 4.18. The van der Waals surface area contributed by atoms with Crippen LogP contribution in [0.4, 0.5) is 8.78 Å². The minimum Gasteiger partial charge on any atom is -0.312 e. The van der Waals surface area contributed by atoms with Crippen LogP contribution in [0.2, 0.25) is 0 Å². The molecule has 0 fully saturated rings. The van der Waals surface area contributed by atoms with Gasteiger partial charge in [0.25, 0.3) is 0 Å². The Bertz CT molecular complexity index is 357. The second kappa shape index (κ2) is 6.97.